The molecule has 152 valence electrons. The average Bonchev–Trinajstić information content (AvgIpc) is 3.08. The molecule has 0 aromatic heterocycles. The zero-order valence-electron chi connectivity index (χ0n) is 19.0. The fourth-order valence-corrected chi connectivity index (χ4v) is 6.26. The fourth-order valence-electron chi connectivity index (χ4n) is 4.82. The number of hydrogen-bond acceptors (Lipinski definition) is 0. The first-order valence-electron chi connectivity index (χ1n) is 9.73. The predicted octanol–water partition coefficient (Wildman–Crippen LogP) is 7.18. The van der Waals surface area contributed by atoms with Crippen molar-refractivity contribution in [3.63, 3.8) is 0 Å². The summed E-state index contributed by atoms with van der Waals surface area (Å²) in [6, 6.07) is 8.90. The van der Waals surface area contributed by atoms with Gasteiger partial charge in [0.1, 0.15) is 0 Å². The van der Waals surface area contributed by atoms with Gasteiger partial charge in [0, 0.05) is 34.3 Å². The van der Waals surface area contributed by atoms with E-state index in [0.717, 1.165) is 6.42 Å². The molecule has 0 amide bonds. The van der Waals surface area contributed by atoms with Crippen LogP contribution in [0.3, 0.4) is 0 Å². The summed E-state index contributed by atoms with van der Waals surface area (Å²) in [6.45, 7) is 11.8. The number of rotatable bonds is 2. The number of allylic oxidation sites excluding steroid dienone is 9. The van der Waals surface area contributed by atoms with Gasteiger partial charge in [-0.3, -0.25) is 0 Å². The van der Waals surface area contributed by atoms with Crippen LogP contribution in [0.2, 0.25) is 13.1 Å². The van der Waals surface area contributed by atoms with Crippen LogP contribution >= 0.6 is 0 Å². The second kappa shape index (κ2) is 10.3. The van der Waals surface area contributed by atoms with Gasteiger partial charge in [-0.2, -0.15) is 11.1 Å². The summed E-state index contributed by atoms with van der Waals surface area (Å²) in [5.74, 6) is 0.872. The average molecular weight is 564 g/mol. The van der Waals surface area contributed by atoms with Gasteiger partial charge >= 0.3 is 0 Å². The van der Waals surface area contributed by atoms with Crippen LogP contribution in [0.15, 0.2) is 70.4 Å². The Bertz CT molecular complexity index is 962. The maximum atomic E-state index is 3.77. The molecule has 0 saturated heterocycles. The van der Waals surface area contributed by atoms with Crippen molar-refractivity contribution in [2.45, 2.75) is 46.2 Å². The molecule has 0 heterocycles. The molecule has 2 heteroatoms. The van der Waals surface area contributed by atoms with E-state index in [1.54, 1.807) is 5.17 Å². The summed E-state index contributed by atoms with van der Waals surface area (Å²) >= 11 is 0. The van der Waals surface area contributed by atoms with Crippen LogP contribution in [-0.2, 0) is 25.8 Å². The third-order valence-electron chi connectivity index (χ3n) is 5.99. The number of benzene rings is 1. The normalized spacial score (nSPS) is 21.6. The van der Waals surface area contributed by atoms with E-state index in [9.17, 15) is 0 Å². The molecule has 1 aromatic rings. The van der Waals surface area contributed by atoms with Crippen molar-refractivity contribution in [3.8, 4) is 0 Å². The molecule has 2 atom stereocenters. The van der Waals surface area contributed by atoms with Gasteiger partial charge in [-0.15, -0.1) is 29.4 Å². The molecule has 0 spiro atoms. The van der Waals surface area contributed by atoms with E-state index < -0.39 is 8.41 Å². The Morgan fingerprint density at radius 2 is 1.76 bits per heavy atom. The minimum absolute atomic E-state index is 0. The Morgan fingerprint density at radius 1 is 1.07 bits per heavy atom. The minimum Gasteiger partial charge on any atom is -0.358 e. The summed E-state index contributed by atoms with van der Waals surface area (Å²) in [5.41, 5.74) is 10.1. The van der Waals surface area contributed by atoms with E-state index in [0.29, 0.717) is 11.8 Å². The second-order valence-electron chi connectivity index (χ2n) is 7.85. The fraction of sp³-hybridized carbons (Fsp3) is 0.296. The van der Waals surface area contributed by atoms with Crippen LogP contribution < -0.4 is 0 Å². The third-order valence-corrected chi connectivity index (χ3v) is 7.75. The van der Waals surface area contributed by atoms with Crippen molar-refractivity contribution in [1.82, 2.24) is 0 Å². The van der Waals surface area contributed by atoms with E-state index in [4.69, 9.17) is 0 Å². The smallest absolute Gasteiger partial charge is 0.00715 e. The molecule has 4 rings (SSSR count). The molecular weight excluding hydrogens is 531 g/mol. The Balaban J connectivity index is 0.00000140. The maximum absolute atomic E-state index is 3.77. The van der Waals surface area contributed by atoms with Gasteiger partial charge < -0.3 is 14.9 Å². The first-order chi connectivity index (χ1) is 12.5. The Morgan fingerprint density at radius 3 is 2.41 bits per heavy atom. The summed E-state index contributed by atoms with van der Waals surface area (Å²) in [4.78, 5) is 0. The standard InChI is InChI=1S/C25H27Si.2CH3.Hf/c1-6-18-15-20-11-9-13-22(26(4)5)17(3)24(20)25(18)23-16(2)14-19-10-7-8-12-21(19)23;;;/h7-14,17,23H,6H2,1-5H3;2*1H3;/q3*-1;. The van der Waals surface area contributed by atoms with Gasteiger partial charge in [0.15, 0.2) is 0 Å². The van der Waals surface area contributed by atoms with E-state index in [2.05, 4.69) is 88.5 Å². The summed E-state index contributed by atoms with van der Waals surface area (Å²) in [5, 5.41) is 1.63. The number of hydrogen-bond donors (Lipinski definition) is 0. The molecule has 0 nitrogen and oxygen atoms in total. The Kier molecular flexibility index (Phi) is 9.17. The molecule has 0 N–H and O–H groups in total. The first kappa shape index (κ1) is 25.9. The molecule has 0 saturated carbocycles. The van der Waals surface area contributed by atoms with E-state index in [-0.39, 0.29) is 40.7 Å². The predicted molar refractivity (Wildman–Crippen MR) is 129 cm³/mol. The van der Waals surface area contributed by atoms with Crippen LogP contribution in [0.4, 0.5) is 0 Å². The molecular formula is C27H33HfSi-3. The quantitative estimate of drug-likeness (QED) is 0.264. The van der Waals surface area contributed by atoms with Crippen LogP contribution in [0, 0.1) is 26.8 Å². The van der Waals surface area contributed by atoms with E-state index in [1.807, 2.05) is 0 Å². The summed E-state index contributed by atoms with van der Waals surface area (Å²) in [6.07, 6.45) is 14.1. The molecule has 3 aliphatic carbocycles. The van der Waals surface area contributed by atoms with Crippen molar-refractivity contribution < 1.29 is 25.8 Å². The van der Waals surface area contributed by atoms with Gasteiger partial charge in [0.05, 0.1) is 0 Å². The van der Waals surface area contributed by atoms with Crippen LogP contribution in [0.5, 0.6) is 0 Å². The molecule has 0 radical (unpaired) electrons. The molecule has 0 fully saturated rings. The van der Waals surface area contributed by atoms with E-state index >= 15 is 0 Å². The van der Waals surface area contributed by atoms with Crippen LogP contribution in [0.25, 0.3) is 6.08 Å². The van der Waals surface area contributed by atoms with Gasteiger partial charge in [-0.25, -0.2) is 0 Å². The zero-order chi connectivity index (χ0) is 18.4. The molecule has 29 heavy (non-hydrogen) atoms. The monoisotopic (exact) mass is 565 g/mol. The van der Waals surface area contributed by atoms with Crippen molar-refractivity contribution in [3.05, 3.63) is 102 Å². The molecule has 0 aliphatic heterocycles. The number of fused-ring (bicyclic) bond motifs is 2. The minimum atomic E-state index is -0.477. The van der Waals surface area contributed by atoms with Gasteiger partial charge in [0.2, 0.25) is 0 Å². The largest absolute Gasteiger partial charge is 0.358 e. The van der Waals surface area contributed by atoms with Gasteiger partial charge in [-0.05, 0) is 36.3 Å². The summed E-state index contributed by atoms with van der Waals surface area (Å²) in [7, 11) is -0.477. The maximum Gasteiger partial charge on any atom is 0.00715 e. The van der Waals surface area contributed by atoms with Crippen molar-refractivity contribution >= 4 is 19.7 Å². The SMILES string of the molecule is CCC1=[C-]C2=CC=CC(=[Si](C)C)C(C)C2=C1C1C(C)=Cc2ccccc21.[CH3-].[CH3-].[Hf]. The second-order valence-corrected chi connectivity index (χ2v) is 10.4. The van der Waals surface area contributed by atoms with Crippen molar-refractivity contribution in [1.29, 1.82) is 0 Å². The molecule has 3 aliphatic rings. The van der Waals surface area contributed by atoms with Gasteiger partial charge in [-0.1, -0.05) is 74.1 Å². The third kappa shape index (κ3) is 4.34. The zero-order valence-corrected chi connectivity index (χ0v) is 23.6. The van der Waals surface area contributed by atoms with Crippen LogP contribution in [0.1, 0.15) is 44.2 Å². The molecule has 1 aromatic carbocycles. The Hall–Kier alpha value is -1.12. The topological polar surface area (TPSA) is 0 Å². The van der Waals surface area contributed by atoms with Gasteiger partial charge in [0.25, 0.3) is 0 Å². The molecule has 2 unspecified atom stereocenters. The van der Waals surface area contributed by atoms with Crippen LogP contribution in [-0.4, -0.2) is 13.6 Å². The first-order valence-corrected chi connectivity index (χ1v) is 12.2. The van der Waals surface area contributed by atoms with Crippen molar-refractivity contribution in [2.75, 3.05) is 0 Å². The summed E-state index contributed by atoms with van der Waals surface area (Å²) < 4.78 is 0. The Labute approximate surface area is 199 Å². The molecule has 0 bridgehead atoms. The van der Waals surface area contributed by atoms with Crippen molar-refractivity contribution in [2.24, 2.45) is 5.92 Å². The van der Waals surface area contributed by atoms with E-state index in [1.165, 1.54) is 39.0 Å².